The van der Waals surface area contributed by atoms with Gasteiger partial charge in [0, 0.05) is 17.7 Å². The zero-order valence-electron chi connectivity index (χ0n) is 13.0. The molecule has 0 amide bonds. The summed E-state index contributed by atoms with van der Waals surface area (Å²) in [6, 6.07) is 5.52. The summed E-state index contributed by atoms with van der Waals surface area (Å²) in [5.74, 6) is 2.09. The third kappa shape index (κ3) is 4.61. The number of ether oxygens (including phenoxy) is 2. The Bertz CT molecular complexity index is 442. The SMILES string of the molecule is COc1ccc([C@H](C)N)c(OCC(O)CC2CCCC2)c1. The summed E-state index contributed by atoms with van der Waals surface area (Å²) in [4.78, 5) is 0. The molecule has 3 N–H and O–H groups in total. The van der Waals surface area contributed by atoms with Gasteiger partial charge in [-0.05, 0) is 25.3 Å². The number of methoxy groups -OCH3 is 1. The van der Waals surface area contributed by atoms with Crippen LogP contribution in [0.4, 0.5) is 0 Å². The molecule has 0 saturated heterocycles. The van der Waals surface area contributed by atoms with Gasteiger partial charge < -0.3 is 20.3 Å². The van der Waals surface area contributed by atoms with Crippen molar-refractivity contribution in [3.05, 3.63) is 23.8 Å². The van der Waals surface area contributed by atoms with E-state index in [1.165, 1.54) is 25.7 Å². The smallest absolute Gasteiger partial charge is 0.127 e. The molecule has 21 heavy (non-hydrogen) atoms. The monoisotopic (exact) mass is 293 g/mol. The lowest BCUT2D eigenvalue weighted by atomic mass is 10.0. The molecule has 4 nitrogen and oxygen atoms in total. The Labute approximate surface area is 127 Å². The highest BCUT2D eigenvalue weighted by Gasteiger charge is 2.19. The second-order valence-corrected chi connectivity index (χ2v) is 6.04. The standard InChI is InChI=1S/C17H27NO3/c1-12(18)16-8-7-15(20-2)10-17(16)21-11-14(19)9-13-5-3-4-6-13/h7-8,10,12-14,19H,3-6,9,11,18H2,1-2H3/t12-,14?/m0/s1. The lowest BCUT2D eigenvalue weighted by molar-refractivity contribution is 0.0848. The van der Waals surface area contributed by atoms with Crippen molar-refractivity contribution >= 4 is 0 Å². The average molecular weight is 293 g/mol. The van der Waals surface area contributed by atoms with Crippen LogP contribution in [0.3, 0.4) is 0 Å². The van der Waals surface area contributed by atoms with E-state index in [1.54, 1.807) is 7.11 Å². The molecule has 2 atom stereocenters. The number of hydrogen-bond donors (Lipinski definition) is 2. The van der Waals surface area contributed by atoms with Crippen molar-refractivity contribution in [2.75, 3.05) is 13.7 Å². The first kappa shape index (κ1) is 16.1. The second kappa shape index (κ2) is 7.66. The topological polar surface area (TPSA) is 64.7 Å². The number of hydrogen-bond acceptors (Lipinski definition) is 4. The molecule has 1 fully saturated rings. The number of rotatable bonds is 7. The first-order chi connectivity index (χ1) is 10.1. The Balaban J connectivity index is 1.94. The predicted molar refractivity (Wildman–Crippen MR) is 83.7 cm³/mol. The molecular formula is C17H27NO3. The van der Waals surface area contributed by atoms with Gasteiger partial charge in [0.05, 0.1) is 13.2 Å². The quantitative estimate of drug-likeness (QED) is 0.811. The maximum Gasteiger partial charge on any atom is 0.127 e. The molecular weight excluding hydrogens is 266 g/mol. The van der Waals surface area contributed by atoms with Crippen LogP contribution in [0.1, 0.15) is 50.6 Å². The molecule has 1 aromatic rings. The van der Waals surface area contributed by atoms with Crippen molar-refractivity contribution in [2.24, 2.45) is 11.7 Å². The van der Waals surface area contributed by atoms with Crippen molar-refractivity contribution in [2.45, 2.75) is 51.2 Å². The van der Waals surface area contributed by atoms with E-state index in [9.17, 15) is 5.11 Å². The highest BCUT2D eigenvalue weighted by atomic mass is 16.5. The molecule has 0 aromatic heterocycles. The first-order valence-corrected chi connectivity index (χ1v) is 7.84. The Hall–Kier alpha value is -1.26. The zero-order valence-corrected chi connectivity index (χ0v) is 13.0. The Morgan fingerprint density at radius 2 is 2.05 bits per heavy atom. The molecule has 0 spiro atoms. The summed E-state index contributed by atoms with van der Waals surface area (Å²) in [6.45, 7) is 2.23. The van der Waals surface area contributed by atoms with Crippen LogP contribution in [-0.4, -0.2) is 24.9 Å². The second-order valence-electron chi connectivity index (χ2n) is 6.04. The van der Waals surface area contributed by atoms with E-state index in [0.717, 1.165) is 17.7 Å². The fourth-order valence-electron chi connectivity index (χ4n) is 3.03. The van der Waals surface area contributed by atoms with E-state index in [-0.39, 0.29) is 6.04 Å². The Kier molecular flexibility index (Phi) is 5.88. The summed E-state index contributed by atoms with van der Waals surface area (Å²) in [7, 11) is 1.62. The minimum absolute atomic E-state index is 0.113. The van der Waals surface area contributed by atoms with Crippen LogP contribution in [0.25, 0.3) is 0 Å². The van der Waals surface area contributed by atoms with E-state index < -0.39 is 6.10 Å². The van der Waals surface area contributed by atoms with Crippen molar-refractivity contribution in [3.8, 4) is 11.5 Å². The molecule has 2 rings (SSSR count). The van der Waals surface area contributed by atoms with Crippen molar-refractivity contribution in [1.29, 1.82) is 0 Å². The van der Waals surface area contributed by atoms with Gasteiger partial charge in [0.2, 0.25) is 0 Å². The van der Waals surface area contributed by atoms with Gasteiger partial charge in [0.25, 0.3) is 0 Å². The molecule has 1 aliphatic carbocycles. The third-order valence-corrected chi connectivity index (χ3v) is 4.22. The van der Waals surface area contributed by atoms with E-state index in [0.29, 0.717) is 18.3 Å². The minimum atomic E-state index is -0.416. The van der Waals surface area contributed by atoms with Crippen molar-refractivity contribution < 1.29 is 14.6 Å². The van der Waals surface area contributed by atoms with Crippen LogP contribution < -0.4 is 15.2 Å². The summed E-state index contributed by atoms with van der Waals surface area (Å²) < 4.78 is 11.0. The molecule has 1 saturated carbocycles. The Morgan fingerprint density at radius 3 is 2.67 bits per heavy atom. The Morgan fingerprint density at radius 1 is 1.33 bits per heavy atom. The molecule has 1 unspecified atom stereocenters. The molecule has 0 heterocycles. The van der Waals surface area contributed by atoms with Crippen LogP contribution in [0.5, 0.6) is 11.5 Å². The average Bonchev–Trinajstić information content (AvgIpc) is 2.97. The van der Waals surface area contributed by atoms with Gasteiger partial charge in [-0.1, -0.05) is 31.7 Å². The number of aliphatic hydroxyl groups excluding tert-OH is 1. The molecule has 0 aliphatic heterocycles. The third-order valence-electron chi connectivity index (χ3n) is 4.22. The lowest BCUT2D eigenvalue weighted by Crippen LogP contribution is -2.21. The molecule has 0 bridgehead atoms. The van der Waals surface area contributed by atoms with Gasteiger partial charge in [0.1, 0.15) is 18.1 Å². The van der Waals surface area contributed by atoms with E-state index in [4.69, 9.17) is 15.2 Å². The molecule has 1 aromatic carbocycles. The number of nitrogens with two attached hydrogens (primary N) is 1. The van der Waals surface area contributed by atoms with Gasteiger partial charge in [-0.15, -0.1) is 0 Å². The minimum Gasteiger partial charge on any atom is -0.497 e. The summed E-state index contributed by atoms with van der Waals surface area (Å²) in [5.41, 5.74) is 6.90. The van der Waals surface area contributed by atoms with Crippen LogP contribution in [0, 0.1) is 5.92 Å². The number of benzene rings is 1. The summed E-state index contributed by atoms with van der Waals surface area (Å²) in [6.07, 6.45) is 5.48. The highest BCUT2D eigenvalue weighted by Crippen LogP contribution is 2.30. The summed E-state index contributed by atoms with van der Waals surface area (Å²) in [5, 5.41) is 10.1. The van der Waals surface area contributed by atoms with Crippen LogP contribution in [0.2, 0.25) is 0 Å². The largest absolute Gasteiger partial charge is 0.497 e. The van der Waals surface area contributed by atoms with Crippen LogP contribution >= 0.6 is 0 Å². The fraction of sp³-hybridized carbons (Fsp3) is 0.647. The van der Waals surface area contributed by atoms with Gasteiger partial charge in [0.15, 0.2) is 0 Å². The maximum absolute atomic E-state index is 10.1. The molecule has 1 aliphatic rings. The lowest BCUT2D eigenvalue weighted by Gasteiger charge is -2.19. The highest BCUT2D eigenvalue weighted by molar-refractivity contribution is 5.42. The first-order valence-electron chi connectivity index (χ1n) is 7.84. The molecule has 118 valence electrons. The van der Waals surface area contributed by atoms with Crippen LogP contribution in [0.15, 0.2) is 18.2 Å². The van der Waals surface area contributed by atoms with Gasteiger partial charge >= 0.3 is 0 Å². The van der Waals surface area contributed by atoms with E-state index in [2.05, 4.69) is 0 Å². The van der Waals surface area contributed by atoms with E-state index >= 15 is 0 Å². The van der Waals surface area contributed by atoms with Crippen molar-refractivity contribution in [1.82, 2.24) is 0 Å². The summed E-state index contributed by atoms with van der Waals surface area (Å²) >= 11 is 0. The van der Waals surface area contributed by atoms with Gasteiger partial charge in [-0.3, -0.25) is 0 Å². The maximum atomic E-state index is 10.1. The van der Waals surface area contributed by atoms with Gasteiger partial charge in [-0.25, -0.2) is 0 Å². The predicted octanol–water partition coefficient (Wildman–Crippen LogP) is 3.03. The molecule has 4 heteroatoms. The van der Waals surface area contributed by atoms with Gasteiger partial charge in [-0.2, -0.15) is 0 Å². The van der Waals surface area contributed by atoms with Crippen LogP contribution in [-0.2, 0) is 0 Å². The van der Waals surface area contributed by atoms with E-state index in [1.807, 2.05) is 25.1 Å². The van der Waals surface area contributed by atoms with Crippen molar-refractivity contribution in [3.63, 3.8) is 0 Å². The number of aliphatic hydroxyl groups is 1. The fourth-order valence-corrected chi connectivity index (χ4v) is 3.03. The normalized spacial score (nSPS) is 18.5. The molecule has 0 radical (unpaired) electrons. The zero-order chi connectivity index (χ0) is 15.2.